The molecule has 0 aromatic heterocycles. The maximum absolute atomic E-state index is 12.9. The lowest BCUT2D eigenvalue weighted by atomic mass is 9.66. The van der Waals surface area contributed by atoms with Gasteiger partial charge < -0.3 is 18.6 Å². The molecule has 0 amide bonds. The molecule has 0 spiro atoms. The molecule has 0 aromatic rings. The highest BCUT2D eigenvalue weighted by atomic mass is 28.4. The molecule has 1 N–H and O–H groups in total. The SMILES string of the molecule is CCO[Si](CCCNC(C)CC(=O)C1C(C)=CCCC1(C)C)(OCC)OCC. The molecule has 6 heteroatoms. The lowest BCUT2D eigenvalue weighted by Crippen LogP contribution is -2.46. The Morgan fingerprint density at radius 3 is 2.29 bits per heavy atom. The van der Waals surface area contributed by atoms with Crippen LogP contribution in [-0.4, -0.2) is 47.0 Å². The first-order valence-electron chi connectivity index (χ1n) is 11.1. The second kappa shape index (κ2) is 12.2. The van der Waals surface area contributed by atoms with E-state index in [1.807, 2.05) is 20.8 Å². The van der Waals surface area contributed by atoms with Crippen molar-refractivity contribution in [2.75, 3.05) is 26.4 Å². The number of allylic oxidation sites excluding steroid dienone is 2. The highest BCUT2D eigenvalue weighted by molar-refractivity contribution is 6.60. The summed E-state index contributed by atoms with van der Waals surface area (Å²) in [7, 11) is -2.57. The molecule has 2 atom stereocenters. The Balaban J connectivity index is 2.49. The van der Waals surface area contributed by atoms with E-state index >= 15 is 0 Å². The van der Waals surface area contributed by atoms with E-state index < -0.39 is 8.80 Å². The first kappa shape index (κ1) is 25.5. The fraction of sp³-hybridized carbons (Fsp3) is 0.864. The molecule has 1 rings (SSSR count). The minimum absolute atomic E-state index is 0.0550. The molecule has 0 bridgehead atoms. The van der Waals surface area contributed by atoms with E-state index in [0.29, 0.717) is 32.0 Å². The second-order valence-corrected chi connectivity index (χ2v) is 11.3. The van der Waals surface area contributed by atoms with Crippen molar-refractivity contribution >= 4 is 14.6 Å². The molecule has 164 valence electrons. The van der Waals surface area contributed by atoms with Crippen molar-refractivity contribution in [3.63, 3.8) is 0 Å². The molecule has 0 aliphatic heterocycles. The third-order valence-electron chi connectivity index (χ3n) is 5.57. The predicted octanol–water partition coefficient (Wildman–Crippen LogP) is 4.74. The summed E-state index contributed by atoms with van der Waals surface area (Å²) in [6.07, 6.45) is 5.90. The van der Waals surface area contributed by atoms with E-state index in [-0.39, 0.29) is 17.4 Å². The van der Waals surface area contributed by atoms with Crippen molar-refractivity contribution in [1.82, 2.24) is 5.32 Å². The van der Waals surface area contributed by atoms with Crippen molar-refractivity contribution in [3.8, 4) is 0 Å². The van der Waals surface area contributed by atoms with Gasteiger partial charge in [0.1, 0.15) is 5.78 Å². The lowest BCUT2D eigenvalue weighted by Gasteiger charge is -2.38. The summed E-state index contributed by atoms with van der Waals surface area (Å²) in [6, 6.07) is 0.966. The summed E-state index contributed by atoms with van der Waals surface area (Å²) in [5, 5.41) is 3.51. The van der Waals surface area contributed by atoms with Crippen LogP contribution in [-0.2, 0) is 18.1 Å². The zero-order valence-electron chi connectivity index (χ0n) is 19.2. The molecular weight excluding hydrogens is 370 g/mol. The smallest absolute Gasteiger partial charge is 0.374 e. The highest BCUT2D eigenvalue weighted by Crippen LogP contribution is 2.41. The Morgan fingerprint density at radius 2 is 1.79 bits per heavy atom. The molecule has 5 nitrogen and oxygen atoms in total. The van der Waals surface area contributed by atoms with Gasteiger partial charge in [0.05, 0.1) is 0 Å². The maximum Gasteiger partial charge on any atom is 0.500 e. The van der Waals surface area contributed by atoms with E-state index in [9.17, 15) is 4.79 Å². The van der Waals surface area contributed by atoms with E-state index in [1.54, 1.807) is 0 Å². The molecule has 0 fully saturated rings. The number of carbonyl (C=O) groups excluding carboxylic acids is 1. The van der Waals surface area contributed by atoms with Crippen LogP contribution in [0, 0.1) is 11.3 Å². The van der Waals surface area contributed by atoms with Crippen LogP contribution in [0.3, 0.4) is 0 Å². The van der Waals surface area contributed by atoms with Gasteiger partial charge in [-0.15, -0.1) is 0 Å². The molecule has 0 saturated heterocycles. The minimum Gasteiger partial charge on any atom is -0.374 e. The van der Waals surface area contributed by atoms with Crippen LogP contribution in [0.4, 0.5) is 0 Å². The fourth-order valence-corrected chi connectivity index (χ4v) is 7.00. The Hall–Kier alpha value is -0.533. The first-order valence-corrected chi connectivity index (χ1v) is 13.0. The number of hydrogen-bond acceptors (Lipinski definition) is 5. The van der Waals surface area contributed by atoms with Crippen molar-refractivity contribution < 1.29 is 18.1 Å². The van der Waals surface area contributed by atoms with E-state index in [2.05, 4.69) is 39.1 Å². The molecule has 1 aliphatic rings. The van der Waals surface area contributed by atoms with E-state index in [1.165, 1.54) is 5.57 Å². The number of ketones is 1. The molecule has 0 aromatic carbocycles. The summed E-state index contributed by atoms with van der Waals surface area (Å²) in [5.74, 6) is 0.416. The quantitative estimate of drug-likeness (QED) is 0.253. The van der Waals surface area contributed by atoms with Gasteiger partial charge in [-0.25, -0.2) is 0 Å². The summed E-state index contributed by atoms with van der Waals surface area (Å²) >= 11 is 0. The van der Waals surface area contributed by atoms with Crippen LogP contribution >= 0.6 is 0 Å². The minimum atomic E-state index is -2.57. The zero-order chi connectivity index (χ0) is 21.2. The first-order chi connectivity index (χ1) is 13.2. The van der Waals surface area contributed by atoms with Gasteiger partial charge in [0, 0.05) is 44.2 Å². The summed E-state index contributed by atoms with van der Waals surface area (Å²) in [4.78, 5) is 12.9. The highest BCUT2D eigenvalue weighted by Gasteiger charge is 2.40. The normalized spacial score (nSPS) is 20.7. The van der Waals surface area contributed by atoms with Gasteiger partial charge in [-0.05, 0) is 65.8 Å². The van der Waals surface area contributed by atoms with Gasteiger partial charge in [0.25, 0.3) is 0 Å². The number of carbonyl (C=O) groups is 1. The number of rotatable bonds is 14. The molecule has 1 aliphatic carbocycles. The van der Waals surface area contributed by atoms with Crippen LogP contribution in [0.15, 0.2) is 11.6 Å². The predicted molar refractivity (Wildman–Crippen MR) is 117 cm³/mol. The molecule has 2 unspecified atom stereocenters. The van der Waals surface area contributed by atoms with Crippen molar-refractivity contribution in [2.24, 2.45) is 11.3 Å². The molecule has 0 heterocycles. The van der Waals surface area contributed by atoms with Gasteiger partial charge in [0.15, 0.2) is 0 Å². The van der Waals surface area contributed by atoms with E-state index in [0.717, 1.165) is 31.9 Å². The number of nitrogens with one attached hydrogen (secondary N) is 1. The Kier molecular flexibility index (Phi) is 11.1. The Bertz CT molecular complexity index is 490. The van der Waals surface area contributed by atoms with Gasteiger partial charge in [-0.2, -0.15) is 0 Å². The monoisotopic (exact) mass is 413 g/mol. The van der Waals surface area contributed by atoms with Crippen LogP contribution in [0.2, 0.25) is 6.04 Å². The Labute approximate surface area is 174 Å². The average Bonchev–Trinajstić information content (AvgIpc) is 2.58. The molecule has 0 saturated carbocycles. The third kappa shape index (κ3) is 7.71. The number of Topliss-reactive ketones (excluding diaryl/α,β-unsaturated/α-hetero) is 1. The maximum atomic E-state index is 12.9. The fourth-order valence-electron chi connectivity index (χ4n) is 4.39. The van der Waals surface area contributed by atoms with Crippen LogP contribution in [0.5, 0.6) is 0 Å². The largest absolute Gasteiger partial charge is 0.500 e. The van der Waals surface area contributed by atoms with Crippen LogP contribution in [0.1, 0.15) is 74.1 Å². The van der Waals surface area contributed by atoms with Crippen LogP contribution < -0.4 is 5.32 Å². The van der Waals surface area contributed by atoms with Gasteiger partial charge in [0.2, 0.25) is 0 Å². The lowest BCUT2D eigenvalue weighted by molar-refractivity contribution is -0.125. The van der Waals surface area contributed by atoms with Crippen molar-refractivity contribution in [3.05, 3.63) is 11.6 Å². The molecule has 0 radical (unpaired) electrons. The van der Waals surface area contributed by atoms with Gasteiger partial charge in [-0.3, -0.25) is 4.79 Å². The van der Waals surface area contributed by atoms with Crippen molar-refractivity contribution in [1.29, 1.82) is 0 Å². The van der Waals surface area contributed by atoms with E-state index in [4.69, 9.17) is 13.3 Å². The van der Waals surface area contributed by atoms with Gasteiger partial charge in [-0.1, -0.05) is 25.5 Å². The summed E-state index contributed by atoms with van der Waals surface area (Å²) in [5.41, 5.74) is 1.31. The third-order valence-corrected chi connectivity index (χ3v) is 8.72. The number of hydrogen-bond donors (Lipinski definition) is 1. The van der Waals surface area contributed by atoms with Crippen LogP contribution in [0.25, 0.3) is 0 Å². The standard InChI is InChI=1S/C22H43NO4Si/c1-8-25-28(26-9-2,27-10-3)16-12-15-23-19(5)17-20(24)21-18(4)13-11-14-22(21,6)7/h13,19,21,23H,8-12,14-17H2,1-7H3. The van der Waals surface area contributed by atoms with Gasteiger partial charge >= 0.3 is 8.80 Å². The zero-order valence-corrected chi connectivity index (χ0v) is 20.2. The summed E-state index contributed by atoms with van der Waals surface area (Å²) in [6.45, 7) is 17.3. The molecular formula is C22H43NO4Si. The topological polar surface area (TPSA) is 56.8 Å². The van der Waals surface area contributed by atoms with Crippen molar-refractivity contribution in [2.45, 2.75) is 86.2 Å². The average molecular weight is 414 g/mol. The second-order valence-electron chi connectivity index (χ2n) is 8.52. The molecule has 28 heavy (non-hydrogen) atoms. The summed E-state index contributed by atoms with van der Waals surface area (Å²) < 4.78 is 17.7. The Morgan fingerprint density at radius 1 is 1.21 bits per heavy atom.